The van der Waals surface area contributed by atoms with Gasteiger partial charge in [0.25, 0.3) is 5.91 Å². The molecule has 0 spiro atoms. The third kappa shape index (κ3) is 4.15. The Hall–Kier alpha value is -1.18. The maximum atomic E-state index is 12.7. The molecular weight excluding hydrogens is 336 g/mol. The Morgan fingerprint density at radius 3 is 2.76 bits per heavy atom. The molecule has 21 heavy (non-hydrogen) atoms. The second kappa shape index (κ2) is 7.72. The molecule has 7 heteroatoms. The minimum Gasteiger partial charge on any atom is -0.395 e. The van der Waals surface area contributed by atoms with Crippen LogP contribution in [0.25, 0.3) is 0 Å². The zero-order valence-electron chi connectivity index (χ0n) is 12.2. The van der Waals surface area contributed by atoms with Crippen molar-refractivity contribution in [3.63, 3.8) is 0 Å². The number of carbonyl (C=O) groups excluding carboxylic acids is 1. The van der Waals surface area contributed by atoms with Crippen molar-refractivity contribution in [2.75, 3.05) is 51.2 Å². The van der Waals surface area contributed by atoms with Gasteiger partial charge < -0.3 is 15.3 Å². The van der Waals surface area contributed by atoms with Gasteiger partial charge in [0.15, 0.2) is 0 Å². The molecule has 1 fully saturated rings. The Bertz CT molecular complexity index is 490. The molecule has 2 heterocycles. The number of aliphatic hydroxyl groups excluding tert-OH is 1. The second-order valence-corrected chi connectivity index (χ2v) is 5.85. The first-order valence-electron chi connectivity index (χ1n) is 7.17. The van der Waals surface area contributed by atoms with E-state index in [0.717, 1.165) is 24.1 Å². The van der Waals surface area contributed by atoms with Crippen LogP contribution in [0.15, 0.2) is 16.7 Å². The van der Waals surface area contributed by atoms with E-state index in [2.05, 4.69) is 31.1 Å². The Morgan fingerprint density at radius 2 is 2.14 bits per heavy atom. The third-order valence-corrected chi connectivity index (χ3v) is 3.94. The predicted octanol–water partition coefficient (Wildman–Crippen LogP) is 1.03. The molecule has 1 aromatic heterocycles. The lowest BCUT2D eigenvalue weighted by Crippen LogP contribution is -2.49. The first-order chi connectivity index (χ1) is 10.2. The smallest absolute Gasteiger partial charge is 0.257 e. The van der Waals surface area contributed by atoms with Crippen molar-refractivity contribution < 1.29 is 9.90 Å². The number of aromatic nitrogens is 1. The quantitative estimate of drug-likeness (QED) is 0.824. The van der Waals surface area contributed by atoms with Gasteiger partial charge in [0.2, 0.25) is 0 Å². The van der Waals surface area contributed by atoms with Crippen LogP contribution in [-0.2, 0) is 0 Å². The fourth-order valence-electron chi connectivity index (χ4n) is 2.40. The number of anilines is 1. The highest BCUT2D eigenvalue weighted by Crippen LogP contribution is 2.20. The van der Waals surface area contributed by atoms with Crippen molar-refractivity contribution in [3.8, 4) is 0 Å². The Balaban J connectivity index is 2.08. The Labute approximate surface area is 133 Å². The lowest BCUT2D eigenvalue weighted by molar-refractivity contribution is 0.0615. The number of hydrogen-bond donors (Lipinski definition) is 2. The van der Waals surface area contributed by atoms with E-state index in [1.54, 1.807) is 6.20 Å². The van der Waals surface area contributed by atoms with Crippen molar-refractivity contribution in [2.24, 2.45) is 0 Å². The molecule has 0 bridgehead atoms. The zero-order valence-corrected chi connectivity index (χ0v) is 13.8. The van der Waals surface area contributed by atoms with Gasteiger partial charge in [0.05, 0.1) is 12.2 Å². The van der Waals surface area contributed by atoms with E-state index in [1.165, 1.54) is 0 Å². The number of piperazine rings is 1. The minimum absolute atomic E-state index is 0.00315. The number of aliphatic hydroxyl groups is 1. The van der Waals surface area contributed by atoms with Gasteiger partial charge in [-0.15, -0.1) is 0 Å². The molecule has 0 atom stereocenters. The average molecular weight is 357 g/mol. The van der Waals surface area contributed by atoms with Crippen LogP contribution in [0.3, 0.4) is 0 Å². The number of carbonyl (C=O) groups is 1. The summed E-state index contributed by atoms with van der Waals surface area (Å²) in [5.41, 5.74) is 0.599. The molecule has 1 aliphatic rings. The van der Waals surface area contributed by atoms with Gasteiger partial charge in [-0.2, -0.15) is 0 Å². The molecule has 0 aliphatic carbocycles. The van der Waals surface area contributed by atoms with Crippen LogP contribution >= 0.6 is 15.9 Å². The standard InChI is InChI=1S/C14H21BrN4O2/c1-2-16-13-12(9-11(15)10-17-13)14(21)19-5-3-18(4-6-19)7-8-20/h9-10,20H,2-8H2,1H3,(H,16,17). The molecule has 116 valence electrons. The highest BCUT2D eigenvalue weighted by Gasteiger charge is 2.24. The summed E-state index contributed by atoms with van der Waals surface area (Å²) in [6, 6.07) is 1.81. The summed E-state index contributed by atoms with van der Waals surface area (Å²) in [5.74, 6) is 0.631. The summed E-state index contributed by atoms with van der Waals surface area (Å²) < 4.78 is 0.798. The summed E-state index contributed by atoms with van der Waals surface area (Å²) in [5, 5.41) is 12.1. The van der Waals surface area contributed by atoms with Crippen molar-refractivity contribution in [2.45, 2.75) is 6.92 Å². The van der Waals surface area contributed by atoms with Gasteiger partial charge in [-0.3, -0.25) is 9.69 Å². The van der Waals surface area contributed by atoms with Gasteiger partial charge in [-0.05, 0) is 28.9 Å². The molecule has 6 nitrogen and oxygen atoms in total. The van der Waals surface area contributed by atoms with E-state index >= 15 is 0 Å². The van der Waals surface area contributed by atoms with Crippen LogP contribution in [0.2, 0.25) is 0 Å². The summed E-state index contributed by atoms with van der Waals surface area (Å²) in [7, 11) is 0. The number of nitrogens with zero attached hydrogens (tertiary/aromatic N) is 3. The molecule has 0 unspecified atom stereocenters. The lowest BCUT2D eigenvalue weighted by Gasteiger charge is -2.34. The lowest BCUT2D eigenvalue weighted by atomic mass is 10.2. The Kier molecular flexibility index (Phi) is 5.96. The van der Waals surface area contributed by atoms with Crippen molar-refractivity contribution in [1.29, 1.82) is 0 Å². The molecule has 0 radical (unpaired) electrons. The molecular formula is C14H21BrN4O2. The second-order valence-electron chi connectivity index (χ2n) is 4.94. The number of rotatable bonds is 5. The average Bonchev–Trinajstić information content (AvgIpc) is 2.50. The fourth-order valence-corrected chi connectivity index (χ4v) is 2.73. The van der Waals surface area contributed by atoms with E-state index in [-0.39, 0.29) is 12.5 Å². The predicted molar refractivity (Wildman–Crippen MR) is 85.5 cm³/mol. The van der Waals surface area contributed by atoms with Gasteiger partial charge >= 0.3 is 0 Å². The van der Waals surface area contributed by atoms with Gasteiger partial charge in [0, 0.05) is 49.9 Å². The number of β-amino-alcohol motifs (C(OH)–C–C–N with tert-alkyl or cyclic N) is 1. The zero-order chi connectivity index (χ0) is 15.2. The number of pyridine rings is 1. The molecule has 1 amide bonds. The molecule has 1 aromatic rings. The topological polar surface area (TPSA) is 68.7 Å². The summed E-state index contributed by atoms with van der Waals surface area (Å²) >= 11 is 3.37. The van der Waals surface area contributed by atoms with E-state index in [4.69, 9.17) is 5.11 Å². The Morgan fingerprint density at radius 1 is 1.43 bits per heavy atom. The summed E-state index contributed by atoms with van der Waals surface area (Å²) in [4.78, 5) is 21.0. The van der Waals surface area contributed by atoms with Crippen LogP contribution in [0.4, 0.5) is 5.82 Å². The molecule has 2 N–H and O–H groups in total. The summed E-state index contributed by atoms with van der Waals surface area (Å²) in [6.45, 7) is 6.48. The van der Waals surface area contributed by atoms with Crippen LogP contribution < -0.4 is 5.32 Å². The maximum absolute atomic E-state index is 12.7. The molecule has 1 saturated heterocycles. The fraction of sp³-hybridized carbons (Fsp3) is 0.571. The van der Waals surface area contributed by atoms with Crippen LogP contribution in [0.1, 0.15) is 17.3 Å². The first-order valence-corrected chi connectivity index (χ1v) is 7.97. The molecule has 1 aliphatic heterocycles. The number of halogens is 1. The number of nitrogens with one attached hydrogen (secondary N) is 1. The molecule has 2 rings (SSSR count). The van der Waals surface area contributed by atoms with E-state index in [1.807, 2.05) is 17.9 Å². The normalized spacial score (nSPS) is 16.0. The molecule has 0 aromatic carbocycles. The third-order valence-electron chi connectivity index (χ3n) is 3.50. The van der Waals surface area contributed by atoms with Gasteiger partial charge in [-0.1, -0.05) is 0 Å². The minimum atomic E-state index is 0.00315. The van der Waals surface area contributed by atoms with Crippen LogP contribution in [-0.4, -0.2) is 71.7 Å². The summed E-state index contributed by atoms with van der Waals surface area (Å²) in [6.07, 6.45) is 1.69. The monoisotopic (exact) mass is 356 g/mol. The number of amides is 1. The van der Waals surface area contributed by atoms with Gasteiger partial charge in [0.1, 0.15) is 5.82 Å². The van der Waals surface area contributed by atoms with E-state index in [9.17, 15) is 4.79 Å². The van der Waals surface area contributed by atoms with E-state index < -0.39 is 0 Å². The largest absolute Gasteiger partial charge is 0.395 e. The highest BCUT2D eigenvalue weighted by molar-refractivity contribution is 9.10. The van der Waals surface area contributed by atoms with Crippen molar-refractivity contribution >= 4 is 27.7 Å². The van der Waals surface area contributed by atoms with Crippen LogP contribution in [0.5, 0.6) is 0 Å². The maximum Gasteiger partial charge on any atom is 0.257 e. The first kappa shape index (κ1) is 16.2. The van der Waals surface area contributed by atoms with Gasteiger partial charge in [-0.25, -0.2) is 4.98 Å². The van der Waals surface area contributed by atoms with Crippen molar-refractivity contribution in [1.82, 2.24) is 14.8 Å². The SMILES string of the molecule is CCNc1ncc(Br)cc1C(=O)N1CCN(CCO)CC1. The molecule has 0 saturated carbocycles. The van der Waals surface area contributed by atoms with Crippen LogP contribution in [0, 0.1) is 0 Å². The van der Waals surface area contributed by atoms with Crippen molar-refractivity contribution in [3.05, 3.63) is 22.3 Å². The highest BCUT2D eigenvalue weighted by atomic mass is 79.9. The number of hydrogen-bond acceptors (Lipinski definition) is 5. The van der Waals surface area contributed by atoms with E-state index in [0.29, 0.717) is 31.0 Å².